The number of carboxylic acids is 1. The fourth-order valence-electron chi connectivity index (χ4n) is 11.0. The summed E-state index contributed by atoms with van der Waals surface area (Å²) in [6.07, 6.45) is 11.9. The number of hydrogen-bond donors (Lipinski definition) is 1. The van der Waals surface area contributed by atoms with Crippen LogP contribution in [-0.2, 0) is 27.4 Å². The molecule has 8 nitrogen and oxygen atoms in total. The molecular weight excluding hydrogens is 785 g/mol. The minimum atomic E-state index is -0.670. The van der Waals surface area contributed by atoms with Gasteiger partial charge in [-0.15, -0.1) is 0 Å². The minimum absolute atomic E-state index is 0.0142. The fraction of sp³-hybridized carbons (Fsp3) is 0.600. The Morgan fingerprint density at radius 1 is 0.587 bits per heavy atom. The Morgan fingerprint density at radius 3 is 1.38 bits per heavy atom. The summed E-state index contributed by atoms with van der Waals surface area (Å²) in [5, 5.41) is 14.2. The predicted molar refractivity (Wildman–Crippen MR) is 255 cm³/mol. The number of hydrogen-bond acceptors (Lipinski definition) is 7. The lowest BCUT2D eigenvalue weighted by atomic mass is 9.72. The molecule has 8 heteroatoms. The summed E-state index contributed by atoms with van der Waals surface area (Å²) in [7, 11) is 1.48. The average Bonchev–Trinajstić information content (AvgIpc) is 3.91. The molecule has 4 aromatic carbocycles. The highest BCUT2D eigenvalue weighted by atomic mass is 16.5. The first-order valence-electron chi connectivity index (χ1n) is 24.1. The zero-order valence-corrected chi connectivity index (χ0v) is 39.9. The SMILES string of the molecule is COC(=O)C1CCN(Cc2ccc3cc(OC4CCC(C(C)(C)C)CC4)cc(C)c3c2)C1.Cc1cc(OC2CCC(C(C)(C)C)CC2)cc2ccc(CN3CCC(C(=O)O)C3)cc12. The summed E-state index contributed by atoms with van der Waals surface area (Å²) < 4.78 is 17.8. The third-order valence-corrected chi connectivity index (χ3v) is 15.0. The summed E-state index contributed by atoms with van der Waals surface area (Å²) >= 11 is 0. The Morgan fingerprint density at radius 2 is 1.00 bits per heavy atom. The third kappa shape index (κ3) is 12.2. The van der Waals surface area contributed by atoms with Crippen LogP contribution in [0.1, 0.15) is 128 Å². The van der Waals surface area contributed by atoms with Crippen LogP contribution in [0, 0.1) is 48.3 Å². The molecule has 342 valence electrons. The Hall–Kier alpha value is -4.14. The number of methoxy groups -OCH3 is 1. The second-order valence-electron chi connectivity index (χ2n) is 21.8. The number of esters is 1. The molecule has 2 heterocycles. The van der Waals surface area contributed by atoms with Crippen molar-refractivity contribution >= 4 is 33.5 Å². The maximum atomic E-state index is 11.8. The van der Waals surface area contributed by atoms with Crippen molar-refractivity contribution in [3.8, 4) is 11.5 Å². The molecule has 4 aromatic rings. The largest absolute Gasteiger partial charge is 0.490 e. The third-order valence-electron chi connectivity index (χ3n) is 15.0. The number of aryl methyl sites for hydroxylation is 2. The number of fused-ring (bicyclic) bond motifs is 2. The van der Waals surface area contributed by atoms with E-state index < -0.39 is 5.97 Å². The number of benzene rings is 4. The van der Waals surface area contributed by atoms with Crippen molar-refractivity contribution in [3.63, 3.8) is 0 Å². The Kier molecular flexibility index (Phi) is 14.8. The van der Waals surface area contributed by atoms with Gasteiger partial charge in [-0.2, -0.15) is 0 Å². The maximum absolute atomic E-state index is 11.8. The lowest BCUT2D eigenvalue weighted by Crippen LogP contribution is -2.30. The summed E-state index contributed by atoms with van der Waals surface area (Å²) in [5.74, 6) is 2.63. The van der Waals surface area contributed by atoms with Crippen LogP contribution in [0.3, 0.4) is 0 Å². The lowest BCUT2D eigenvalue weighted by Gasteiger charge is -2.37. The van der Waals surface area contributed by atoms with E-state index >= 15 is 0 Å². The molecule has 4 aliphatic rings. The highest BCUT2D eigenvalue weighted by Crippen LogP contribution is 2.41. The molecule has 2 unspecified atom stereocenters. The highest BCUT2D eigenvalue weighted by molar-refractivity contribution is 5.88. The highest BCUT2D eigenvalue weighted by Gasteiger charge is 2.33. The van der Waals surface area contributed by atoms with Gasteiger partial charge in [-0.25, -0.2) is 0 Å². The lowest BCUT2D eigenvalue weighted by molar-refractivity contribution is -0.145. The van der Waals surface area contributed by atoms with Crippen LogP contribution in [0.2, 0.25) is 0 Å². The summed E-state index contributed by atoms with van der Waals surface area (Å²) in [6.45, 7) is 23.4. The van der Waals surface area contributed by atoms with Gasteiger partial charge in [-0.1, -0.05) is 65.8 Å². The van der Waals surface area contributed by atoms with Gasteiger partial charge in [0, 0.05) is 26.2 Å². The van der Waals surface area contributed by atoms with E-state index in [-0.39, 0.29) is 17.8 Å². The maximum Gasteiger partial charge on any atom is 0.310 e. The van der Waals surface area contributed by atoms with E-state index in [0.29, 0.717) is 29.6 Å². The molecular formula is C55H76N2O6. The number of carbonyl (C=O) groups excluding carboxylic acids is 1. The molecule has 0 aromatic heterocycles. The van der Waals surface area contributed by atoms with E-state index in [1.165, 1.54) is 76.6 Å². The van der Waals surface area contributed by atoms with E-state index in [2.05, 4.69) is 126 Å². The number of aliphatic carboxylic acids is 1. The molecule has 2 aliphatic carbocycles. The Balaban J connectivity index is 0.000000189. The normalized spacial score (nSPS) is 24.8. The Labute approximate surface area is 378 Å². The van der Waals surface area contributed by atoms with Crippen LogP contribution in [0.4, 0.5) is 0 Å². The molecule has 0 radical (unpaired) electrons. The molecule has 2 aliphatic heterocycles. The van der Waals surface area contributed by atoms with Gasteiger partial charge in [0.05, 0.1) is 31.2 Å². The summed E-state index contributed by atoms with van der Waals surface area (Å²) in [6, 6.07) is 22.1. The molecule has 2 saturated heterocycles. The molecule has 0 spiro atoms. The quantitative estimate of drug-likeness (QED) is 0.158. The van der Waals surface area contributed by atoms with E-state index in [1.54, 1.807) is 0 Å². The van der Waals surface area contributed by atoms with Crippen molar-refractivity contribution in [1.82, 2.24) is 9.80 Å². The topological polar surface area (TPSA) is 88.5 Å². The predicted octanol–water partition coefficient (Wildman–Crippen LogP) is 12.2. The fourth-order valence-corrected chi connectivity index (χ4v) is 11.0. The van der Waals surface area contributed by atoms with Crippen LogP contribution in [0.5, 0.6) is 11.5 Å². The van der Waals surface area contributed by atoms with Crippen LogP contribution >= 0.6 is 0 Å². The van der Waals surface area contributed by atoms with Crippen LogP contribution in [0.25, 0.3) is 21.5 Å². The molecule has 2 atom stereocenters. The molecule has 1 N–H and O–H groups in total. The van der Waals surface area contributed by atoms with E-state index in [1.807, 2.05) is 0 Å². The smallest absolute Gasteiger partial charge is 0.310 e. The first-order chi connectivity index (χ1) is 29.9. The number of ether oxygens (including phenoxy) is 3. The van der Waals surface area contributed by atoms with Crippen molar-refractivity contribution in [3.05, 3.63) is 82.9 Å². The van der Waals surface area contributed by atoms with E-state index in [4.69, 9.17) is 14.2 Å². The van der Waals surface area contributed by atoms with Gasteiger partial charge >= 0.3 is 11.9 Å². The van der Waals surface area contributed by atoms with Crippen molar-refractivity contribution in [1.29, 1.82) is 0 Å². The molecule has 0 amide bonds. The van der Waals surface area contributed by atoms with E-state index in [9.17, 15) is 14.7 Å². The number of carboxylic acid groups (broad SMARTS) is 1. The van der Waals surface area contributed by atoms with Gasteiger partial charge in [0.2, 0.25) is 0 Å². The van der Waals surface area contributed by atoms with Crippen molar-refractivity contribution in [2.45, 2.75) is 145 Å². The van der Waals surface area contributed by atoms with Gasteiger partial charge in [0.15, 0.2) is 0 Å². The van der Waals surface area contributed by atoms with Gasteiger partial charge in [-0.3, -0.25) is 19.4 Å². The Bertz CT molecular complexity index is 2200. The number of rotatable bonds is 10. The van der Waals surface area contributed by atoms with E-state index in [0.717, 1.165) is 94.6 Å². The van der Waals surface area contributed by atoms with Crippen molar-refractivity contribution in [2.24, 2.45) is 34.5 Å². The van der Waals surface area contributed by atoms with Crippen LogP contribution < -0.4 is 9.47 Å². The first-order valence-corrected chi connectivity index (χ1v) is 24.1. The summed E-state index contributed by atoms with van der Waals surface area (Å²) in [4.78, 5) is 27.6. The monoisotopic (exact) mass is 861 g/mol. The van der Waals surface area contributed by atoms with Crippen molar-refractivity contribution in [2.75, 3.05) is 33.3 Å². The second-order valence-corrected chi connectivity index (χ2v) is 21.8. The van der Waals surface area contributed by atoms with Crippen LogP contribution in [-0.4, -0.2) is 72.3 Å². The number of carbonyl (C=O) groups is 2. The average molecular weight is 861 g/mol. The van der Waals surface area contributed by atoms with Gasteiger partial charge in [-0.05, 0) is 194 Å². The molecule has 4 fully saturated rings. The standard InChI is InChI=1S/C28H39NO3.C27H37NO3/c1-19-14-25(32-24-10-8-23(9-11-24)28(2,3)4)16-21-7-6-20(15-26(19)21)17-29-13-12-22(18-29)27(30)31-5;1-18-13-24(31-23-9-7-22(8-10-23)27(2,3)4)15-20-6-5-19(14-25(18)20)16-28-12-11-21(17-28)26(29)30/h6-7,14-16,22-24H,8-13,17-18H2,1-5H3;5-6,13-15,21-23H,7-12,16-17H2,1-4H3,(H,29,30). The number of nitrogens with zero attached hydrogens (tertiary/aromatic N) is 2. The zero-order valence-electron chi connectivity index (χ0n) is 39.9. The first kappa shape index (κ1) is 46.8. The minimum Gasteiger partial charge on any atom is -0.490 e. The second kappa shape index (κ2) is 19.9. The van der Waals surface area contributed by atoms with Crippen LogP contribution in [0.15, 0.2) is 60.7 Å². The van der Waals surface area contributed by atoms with Crippen molar-refractivity contribution < 1.29 is 28.9 Å². The zero-order chi connectivity index (χ0) is 45.1. The van der Waals surface area contributed by atoms with Gasteiger partial charge in [0.25, 0.3) is 0 Å². The number of likely N-dealkylation sites (tertiary alicyclic amines) is 2. The van der Waals surface area contributed by atoms with Gasteiger partial charge < -0.3 is 19.3 Å². The summed E-state index contributed by atoms with van der Waals surface area (Å²) in [5.41, 5.74) is 5.83. The molecule has 0 bridgehead atoms. The van der Waals surface area contributed by atoms with Gasteiger partial charge in [0.1, 0.15) is 11.5 Å². The molecule has 63 heavy (non-hydrogen) atoms. The molecule has 8 rings (SSSR count). The molecule has 2 saturated carbocycles.